The van der Waals surface area contributed by atoms with Crippen LogP contribution in [0, 0.1) is 23.0 Å². The van der Waals surface area contributed by atoms with E-state index in [1.54, 1.807) is 0 Å². The van der Waals surface area contributed by atoms with Crippen molar-refractivity contribution in [2.24, 2.45) is 0 Å². The number of alkyl halides is 3. The predicted molar refractivity (Wildman–Crippen MR) is 87.9 cm³/mol. The first-order valence-electron chi connectivity index (χ1n) is 7.59. The van der Waals surface area contributed by atoms with Gasteiger partial charge in [0.2, 0.25) is 0 Å². The maximum atomic E-state index is 13.8. The van der Waals surface area contributed by atoms with E-state index in [9.17, 15) is 22.0 Å². The molecule has 0 aliphatic carbocycles. The van der Waals surface area contributed by atoms with Gasteiger partial charge in [-0.3, -0.25) is 0 Å². The average molecular weight is 392 g/mol. The van der Waals surface area contributed by atoms with Crippen LogP contribution in [0.15, 0.2) is 48.8 Å². The lowest BCUT2D eigenvalue weighted by Gasteiger charge is -2.15. The van der Waals surface area contributed by atoms with E-state index < -0.39 is 34.9 Å². The molecule has 2 aromatic heterocycles. The molecule has 0 unspecified atom stereocenters. The highest BCUT2D eigenvalue weighted by molar-refractivity contribution is 5.61. The molecule has 0 bridgehead atoms. The van der Waals surface area contributed by atoms with Gasteiger partial charge in [-0.25, -0.2) is 18.7 Å². The van der Waals surface area contributed by atoms with Gasteiger partial charge in [-0.2, -0.15) is 18.4 Å². The summed E-state index contributed by atoms with van der Waals surface area (Å²) in [6, 6.07) is 7.70. The molecule has 5 nitrogen and oxygen atoms in total. The molecule has 0 aliphatic heterocycles. The minimum atomic E-state index is -4.71. The zero-order chi connectivity index (χ0) is 20.3. The maximum Gasteiger partial charge on any atom is 0.418 e. The molecule has 0 saturated carbocycles. The lowest BCUT2D eigenvalue weighted by Crippen LogP contribution is -2.08. The van der Waals surface area contributed by atoms with Crippen LogP contribution in [-0.4, -0.2) is 9.97 Å². The Morgan fingerprint density at radius 1 is 0.964 bits per heavy atom. The van der Waals surface area contributed by atoms with Gasteiger partial charge < -0.3 is 10.1 Å². The molecule has 142 valence electrons. The Bertz CT molecular complexity index is 1050. The zero-order valence-electron chi connectivity index (χ0n) is 13.8. The lowest BCUT2D eigenvalue weighted by atomic mass is 10.2. The zero-order valence-corrected chi connectivity index (χ0v) is 13.8. The molecule has 0 radical (unpaired) electrons. The summed E-state index contributed by atoms with van der Waals surface area (Å²) in [5.41, 5.74) is -0.848. The summed E-state index contributed by atoms with van der Waals surface area (Å²) in [5.74, 6) is -2.93. The second kappa shape index (κ2) is 7.48. The lowest BCUT2D eigenvalue weighted by molar-refractivity contribution is -0.137. The minimum Gasteiger partial charge on any atom is -0.450 e. The number of rotatable bonds is 4. The highest BCUT2D eigenvalue weighted by atomic mass is 19.4. The monoisotopic (exact) mass is 392 g/mol. The van der Waals surface area contributed by atoms with Crippen LogP contribution in [-0.2, 0) is 6.18 Å². The summed E-state index contributed by atoms with van der Waals surface area (Å²) >= 11 is 0. The van der Waals surface area contributed by atoms with E-state index in [0.717, 1.165) is 12.1 Å². The van der Waals surface area contributed by atoms with Crippen molar-refractivity contribution in [3.63, 3.8) is 0 Å². The summed E-state index contributed by atoms with van der Waals surface area (Å²) in [5, 5.41) is 11.4. The first kappa shape index (κ1) is 19.0. The fourth-order valence-electron chi connectivity index (χ4n) is 2.10. The van der Waals surface area contributed by atoms with E-state index in [4.69, 9.17) is 10.00 Å². The number of nitrogens with zero attached hydrogens (tertiary/aromatic N) is 3. The van der Waals surface area contributed by atoms with Crippen molar-refractivity contribution >= 4 is 11.6 Å². The van der Waals surface area contributed by atoms with Crippen LogP contribution >= 0.6 is 0 Å². The van der Waals surface area contributed by atoms with E-state index in [1.165, 1.54) is 18.3 Å². The van der Waals surface area contributed by atoms with Gasteiger partial charge in [0.25, 0.3) is 0 Å². The van der Waals surface area contributed by atoms with Gasteiger partial charge in [0, 0.05) is 18.5 Å². The standard InChI is InChI=1S/C18H9F5N4O/c19-12-2-3-14(13(20)6-12)28-15-5-11(18(21,22)23)9-26-17(15)27-16-4-1-10(7-24)8-25-16/h1-6,8-9H,(H,25,26,27). The molecular formula is C18H9F5N4O. The molecule has 2 heterocycles. The molecule has 0 amide bonds. The number of hydrogen-bond acceptors (Lipinski definition) is 5. The van der Waals surface area contributed by atoms with Gasteiger partial charge in [0.15, 0.2) is 23.1 Å². The molecule has 0 saturated heterocycles. The van der Waals surface area contributed by atoms with E-state index >= 15 is 0 Å². The molecule has 3 rings (SSSR count). The third kappa shape index (κ3) is 4.32. The summed E-state index contributed by atoms with van der Waals surface area (Å²) < 4.78 is 71.1. The first-order chi connectivity index (χ1) is 13.3. The number of pyridine rings is 2. The van der Waals surface area contributed by atoms with Crippen LogP contribution in [0.4, 0.5) is 33.6 Å². The number of halogens is 5. The van der Waals surface area contributed by atoms with Crippen LogP contribution in [0.5, 0.6) is 11.5 Å². The molecule has 0 fully saturated rings. The van der Waals surface area contributed by atoms with Crippen molar-refractivity contribution in [2.45, 2.75) is 6.18 Å². The van der Waals surface area contributed by atoms with Gasteiger partial charge in [-0.05, 0) is 30.3 Å². The molecule has 0 spiro atoms. The van der Waals surface area contributed by atoms with Crippen LogP contribution in [0.1, 0.15) is 11.1 Å². The molecule has 28 heavy (non-hydrogen) atoms. The summed E-state index contributed by atoms with van der Waals surface area (Å²) in [6.07, 6.45) is -2.90. The number of nitrogens with one attached hydrogen (secondary N) is 1. The smallest absolute Gasteiger partial charge is 0.418 e. The van der Waals surface area contributed by atoms with E-state index in [-0.39, 0.29) is 17.2 Å². The highest BCUT2D eigenvalue weighted by Crippen LogP contribution is 2.37. The quantitative estimate of drug-likeness (QED) is 0.620. The minimum absolute atomic E-state index is 0.163. The second-order valence-electron chi connectivity index (χ2n) is 5.41. The molecular weight excluding hydrogens is 383 g/mol. The Kier molecular flexibility index (Phi) is 5.08. The summed E-state index contributed by atoms with van der Waals surface area (Å²) in [6.45, 7) is 0. The Labute approximate surface area is 155 Å². The van der Waals surface area contributed by atoms with Crippen LogP contribution < -0.4 is 10.1 Å². The molecule has 10 heteroatoms. The van der Waals surface area contributed by atoms with Crippen molar-refractivity contribution in [3.05, 3.63) is 71.6 Å². The van der Waals surface area contributed by atoms with E-state index in [1.807, 2.05) is 6.07 Å². The molecule has 1 aromatic carbocycles. The highest BCUT2D eigenvalue weighted by Gasteiger charge is 2.32. The maximum absolute atomic E-state index is 13.8. The van der Waals surface area contributed by atoms with Gasteiger partial charge in [-0.15, -0.1) is 0 Å². The Morgan fingerprint density at radius 3 is 2.36 bits per heavy atom. The Morgan fingerprint density at radius 2 is 1.75 bits per heavy atom. The van der Waals surface area contributed by atoms with Crippen molar-refractivity contribution in [1.29, 1.82) is 5.26 Å². The van der Waals surface area contributed by atoms with E-state index in [2.05, 4.69) is 15.3 Å². The summed E-state index contributed by atoms with van der Waals surface area (Å²) in [7, 11) is 0. The first-order valence-corrected chi connectivity index (χ1v) is 7.59. The van der Waals surface area contributed by atoms with Gasteiger partial charge >= 0.3 is 6.18 Å². The SMILES string of the molecule is N#Cc1ccc(Nc2ncc(C(F)(F)F)cc2Oc2ccc(F)cc2F)nc1. The number of anilines is 2. The number of benzene rings is 1. The van der Waals surface area contributed by atoms with Crippen LogP contribution in [0.2, 0.25) is 0 Å². The topological polar surface area (TPSA) is 70.8 Å². The van der Waals surface area contributed by atoms with Crippen LogP contribution in [0.3, 0.4) is 0 Å². The van der Waals surface area contributed by atoms with Crippen molar-refractivity contribution < 1.29 is 26.7 Å². The largest absolute Gasteiger partial charge is 0.450 e. The molecule has 0 atom stereocenters. The third-order valence-corrected chi connectivity index (χ3v) is 3.43. The number of ether oxygens (including phenoxy) is 1. The average Bonchev–Trinajstić information content (AvgIpc) is 2.65. The van der Waals surface area contributed by atoms with Gasteiger partial charge in [0.1, 0.15) is 17.7 Å². The number of hydrogen-bond donors (Lipinski definition) is 1. The van der Waals surface area contributed by atoms with Crippen molar-refractivity contribution in [2.75, 3.05) is 5.32 Å². The Hall–Kier alpha value is -3.74. The second-order valence-corrected chi connectivity index (χ2v) is 5.41. The number of aromatic nitrogens is 2. The normalized spacial score (nSPS) is 11.0. The molecule has 0 aliphatic rings. The summed E-state index contributed by atoms with van der Waals surface area (Å²) in [4.78, 5) is 7.59. The Balaban J connectivity index is 1.99. The van der Waals surface area contributed by atoms with Gasteiger partial charge in [0.05, 0.1) is 11.1 Å². The molecule has 1 N–H and O–H groups in total. The van der Waals surface area contributed by atoms with Crippen molar-refractivity contribution in [3.8, 4) is 17.6 Å². The fourth-order valence-corrected chi connectivity index (χ4v) is 2.10. The predicted octanol–water partition coefficient (Wildman–Crippen LogP) is 5.18. The number of nitriles is 1. The fraction of sp³-hybridized carbons (Fsp3) is 0.0556. The van der Waals surface area contributed by atoms with Crippen LogP contribution in [0.25, 0.3) is 0 Å². The van der Waals surface area contributed by atoms with Crippen molar-refractivity contribution in [1.82, 2.24) is 9.97 Å². The molecule has 3 aromatic rings. The van der Waals surface area contributed by atoms with Gasteiger partial charge in [-0.1, -0.05) is 0 Å². The third-order valence-electron chi connectivity index (χ3n) is 3.43. The van der Waals surface area contributed by atoms with E-state index in [0.29, 0.717) is 18.3 Å².